The molecule has 4 rings (SSSR count). The van der Waals surface area contributed by atoms with Gasteiger partial charge in [0.1, 0.15) is 23.3 Å². The first-order valence-electron chi connectivity index (χ1n) is 9.18. The normalized spacial score (nSPS) is 17.5. The minimum absolute atomic E-state index is 0. The predicted molar refractivity (Wildman–Crippen MR) is 110 cm³/mol. The molecule has 1 saturated heterocycles. The molecule has 0 N–H and O–H groups in total. The monoisotopic (exact) mass is 406 g/mol. The molecule has 1 unspecified atom stereocenters. The summed E-state index contributed by atoms with van der Waals surface area (Å²) in [6.45, 7) is 1.78. The van der Waals surface area contributed by atoms with Gasteiger partial charge >= 0.3 is 0 Å². The third kappa shape index (κ3) is 3.93. The van der Waals surface area contributed by atoms with Crippen LogP contribution in [0, 0.1) is 0 Å². The molecule has 3 aromatic rings. The number of piperidine rings is 1. The Hall–Kier alpha value is -2.31. The van der Waals surface area contributed by atoms with E-state index in [0.717, 1.165) is 29.8 Å². The molecule has 1 atom stereocenters. The van der Waals surface area contributed by atoms with Gasteiger partial charge in [-0.15, -0.1) is 12.4 Å². The minimum atomic E-state index is -0.786. The van der Waals surface area contributed by atoms with Crippen LogP contribution in [0.3, 0.4) is 0 Å². The Morgan fingerprint density at radius 1 is 1.29 bits per heavy atom. The summed E-state index contributed by atoms with van der Waals surface area (Å²) in [7, 11) is 3.36. The maximum Gasteiger partial charge on any atom is 0.261 e. The molecular weight excluding hydrogens is 383 g/mol. The zero-order valence-electron chi connectivity index (χ0n) is 16.0. The van der Waals surface area contributed by atoms with E-state index in [-0.39, 0.29) is 18.0 Å². The number of alkyl halides is 1. The Labute approximate surface area is 169 Å². The molecule has 7 heteroatoms. The largest absolute Gasteiger partial charge is 0.497 e. The van der Waals surface area contributed by atoms with Gasteiger partial charge < -0.3 is 13.7 Å². The zero-order chi connectivity index (χ0) is 19.0. The van der Waals surface area contributed by atoms with Gasteiger partial charge in [-0.2, -0.15) is 0 Å². The fourth-order valence-corrected chi connectivity index (χ4v) is 3.72. The molecule has 3 heterocycles. The maximum atomic E-state index is 13.7. The lowest BCUT2D eigenvalue weighted by atomic mass is 10.1. The number of pyridine rings is 1. The molecule has 2 aromatic heterocycles. The van der Waals surface area contributed by atoms with Crippen molar-refractivity contribution in [1.82, 2.24) is 9.47 Å². The van der Waals surface area contributed by atoms with Gasteiger partial charge in [-0.1, -0.05) is 12.1 Å². The van der Waals surface area contributed by atoms with E-state index < -0.39 is 6.17 Å². The number of halogens is 2. The molecule has 0 bridgehead atoms. The van der Waals surface area contributed by atoms with Gasteiger partial charge in [0.05, 0.1) is 19.0 Å². The first-order chi connectivity index (χ1) is 13.0. The van der Waals surface area contributed by atoms with Crippen molar-refractivity contribution in [3.05, 3.63) is 52.6 Å². The van der Waals surface area contributed by atoms with Gasteiger partial charge in [-0.25, -0.2) is 4.39 Å². The molecule has 0 radical (unpaired) electrons. The van der Waals surface area contributed by atoms with Crippen molar-refractivity contribution in [1.29, 1.82) is 0 Å². The molecule has 0 saturated carbocycles. The SMILES string of the molecule is COc1ccc(-c2cn(C)c(=O)c3cc(CN4CCCC(F)C4)oc23)cc1.Cl. The standard InChI is InChI=1S/C21H23FN2O3.ClH/c1-23-13-19(14-5-7-16(26-2)8-6-14)20-18(21(23)25)10-17(27-20)12-24-9-3-4-15(22)11-24;/h5-8,10,13,15H,3-4,9,11-12H2,1-2H3;1H. The van der Waals surface area contributed by atoms with Crippen molar-refractivity contribution < 1.29 is 13.5 Å². The van der Waals surface area contributed by atoms with Crippen LogP contribution in [0.25, 0.3) is 22.1 Å². The Bertz CT molecular complexity index is 1010. The van der Waals surface area contributed by atoms with E-state index in [2.05, 4.69) is 0 Å². The lowest BCUT2D eigenvalue weighted by Gasteiger charge is -2.27. The van der Waals surface area contributed by atoms with Crippen LogP contribution < -0.4 is 10.3 Å². The van der Waals surface area contributed by atoms with E-state index in [9.17, 15) is 9.18 Å². The number of ether oxygens (including phenoxy) is 1. The van der Waals surface area contributed by atoms with Crippen LogP contribution in [0.5, 0.6) is 5.75 Å². The molecule has 0 spiro atoms. The number of benzene rings is 1. The zero-order valence-corrected chi connectivity index (χ0v) is 16.8. The number of aryl methyl sites for hydroxylation is 1. The van der Waals surface area contributed by atoms with Crippen molar-refractivity contribution in [2.24, 2.45) is 7.05 Å². The van der Waals surface area contributed by atoms with E-state index in [1.807, 2.05) is 29.2 Å². The number of hydrogen-bond acceptors (Lipinski definition) is 4. The first kappa shape index (κ1) is 20.4. The fourth-order valence-electron chi connectivity index (χ4n) is 3.72. The Balaban J connectivity index is 0.00000225. The number of rotatable bonds is 4. The van der Waals surface area contributed by atoms with Crippen molar-refractivity contribution in [3.8, 4) is 16.9 Å². The van der Waals surface area contributed by atoms with Crippen LogP contribution in [0.2, 0.25) is 0 Å². The Morgan fingerprint density at radius 2 is 2.04 bits per heavy atom. The second-order valence-electron chi connectivity index (χ2n) is 7.12. The molecular formula is C21H24ClFN2O3. The van der Waals surface area contributed by atoms with E-state index in [1.165, 1.54) is 0 Å². The Kier molecular flexibility index (Phi) is 6.10. The van der Waals surface area contributed by atoms with Gasteiger partial charge in [0, 0.05) is 25.4 Å². The molecule has 1 aliphatic rings. The molecule has 5 nitrogen and oxygen atoms in total. The number of aromatic nitrogens is 1. The third-order valence-corrected chi connectivity index (χ3v) is 5.13. The summed E-state index contributed by atoms with van der Waals surface area (Å²) in [5, 5.41) is 0.551. The summed E-state index contributed by atoms with van der Waals surface area (Å²) in [5.74, 6) is 1.46. The highest BCUT2D eigenvalue weighted by molar-refractivity contribution is 5.92. The summed E-state index contributed by atoms with van der Waals surface area (Å²) in [6, 6.07) is 9.44. The van der Waals surface area contributed by atoms with Gasteiger partial charge in [-0.3, -0.25) is 9.69 Å². The van der Waals surface area contributed by atoms with E-state index in [0.29, 0.717) is 36.2 Å². The van der Waals surface area contributed by atoms with Crippen LogP contribution in [0.1, 0.15) is 18.6 Å². The fraction of sp³-hybridized carbons (Fsp3) is 0.381. The number of likely N-dealkylation sites (tertiary alicyclic amines) is 1. The lowest BCUT2D eigenvalue weighted by molar-refractivity contribution is 0.126. The van der Waals surface area contributed by atoms with E-state index >= 15 is 0 Å². The highest BCUT2D eigenvalue weighted by atomic mass is 35.5. The first-order valence-corrected chi connectivity index (χ1v) is 9.18. The molecule has 0 amide bonds. The highest BCUT2D eigenvalue weighted by Crippen LogP contribution is 2.31. The second kappa shape index (κ2) is 8.37. The summed E-state index contributed by atoms with van der Waals surface area (Å²) in [4.78, 5) is 14.6. The quantitative estimate of drug-likeness (QED) is 0.652. The van der Waals surface area contributed by atoms with Crippen molar-refractivity contribution >= 4 is 23.4 Å². The third-order valence-electron chi connectivity index (χ3n) is 5.13. The number of hydrogen-bond donors (Lipinski definition) is 0. The predicted octanol–water partition coefficient (Wildman–Crippen LogP) is 4.16. The summed E-state index contributed by atoms with van der Waals surface area (Å²) in [6.07, 6.45) is 2.47. The summed E-state index contributed by atoms with van der Waals surface area (Å²) in [5.41, 5.74) is 2.27. The second-order valence-corrected chi connectivity index (χ2v) is 7.12. The van der Waals surface area contributed by atoms with E-state index in [1.54, 1.807) is 31.0 Å². The Morgan fingerprint density at radius 3 is 2.71 bits per heavy atom. The van der Waals surface area contributed by atoms with Crippen LogP contribution >= 0.6 is 12.4 Å². The molecule has 1 aliphatic heterocycles. The number of fused-ring (bicyclic) bond motifs is 1. The molecule has 150 valence electrons. The summed E-state index contributed by atoms with van der Waals surface area (Å²) < 4.78 is 26.5. The average molecular weight is 407 g/mol. The molecule has 1 aromatic carbocycles. The van der Waals surface area contributed by atoms with Gasteiger partial charge in [-0.05, 0) is 43.1 Å². The van der Waals surface area contributed by atoms with Crippen molar-refractivity contribution in [2.75, 3.05) is 20.2 Å². The minimum Gasteiger partial charge on any atom is -0.497 e. The smallest absolute Gasteiger partial charge is 0.261 e. The van der Waals surface area contributed by atoms with Crippen molar-refractivity contribution in [2.45, 2.75) is 25.6 Å². The molecule has 28 heavy (non-hydrogen) atoms. The molecule has 1 fully saturated rings. The van der Waals surface area contributed by atoms with Crippen molar-refractivity contribution in [3.63, 3.8) is 0 Å². The number of furan rings is 1. The van der Waals surface area contributed by atoms with Crippen LogP contribution in [0.4, 0.5) is 4.39 Å². The number of nitrogens with zero attached hydrogens (tertiary/aromatic N) is 2. The molecule has 0 aliphatic carbocycles. The van der Waals surface area contributed by atoms with Gasteiger partial charge in [0.25, 0.3) is 5.56 Å². The maximum absolute atomic E-state index is 13.7. The van der Waals surface area contributed by atoms with Crippen LogP contribution in [-0.2, 0) is 13.6 Å². The highest BCUT2D eigenvalue weighted by Gasteiger charge is 2.21. The average Bonchev–Trinajstić information content (AvgIpc) is 3.09. The number of methoxy groups -OCH3 is 1. The van der Waals surface area contributed by atoms with Gasteiger partial charge in [0.2, 0.25) is 0 Å². The van der Waals surface area contributed by atoms with Crippen LogP contribution in [0.15, 0.2) is 45.7 Å². The topological polar surface area (TPSA) is 47.6 Å². The van der Waals surface area contributed by atoms with Gasteiger partial charge in [0.15, 0.2) is 0 Å². The van der Waals surface area contributed by atoms with E-state index in [4.69, 9.17) is 9.15 Å². The lowest BCUT2D eigenvalue weighted by Crippen LogP contribution is -2.35. The van der Waals surface area contributed by atoms with Crippen LogP contribution in [-0.4, -0.2) is 35.8 Å². The summed E-state index contributed by atoms with van der Waals surface area (Å²) >= 11 is 0.